The van der Waals surface area contributed by atoms with Crippen molar-refractivity contribution >= 4 is 21.4 Å². The fourth-order valence-corrected chi connectivity index (χ4v) is 5.01. The summed E-state index contributed by atoms with van der Waals surface area (Å²) in [4.78, 5) is 0.974. The maximum absolute atomic E-state index is 12.4. The zero-order chi connectivity index (χ0) is 17.4. The molecule has 2 aromatic rings. The molecule has 0 saturated heterocycles. The highest BCUT2D eigenvalue weighted by Gasteiger charge is 2.26. The Hall–Kier alpha value is -1.57. The lowest BCUT2D eigenvalue weighted by Gasteiger charge is -2.27. The molecule has 0 amide bonds. The monoisotopic (exact) mass is 367 g/mol. The molecule has 7 heteroatoms. The predicted molar refractivity (Wildman–Crippen MR) is 94.7 cm³/mol. The summed E-state index contributed by atoms with van der Waals surface area (Å²) in [5.41, 5.74) is 0.617. The van der Waals surface area contributed by atoms with E-state index >= 15 is 0 Å². The standard InChI is InChI=1S/C17H21NO4S2/c1-12-4-7-16(23-12)24(19,20)18-11-17(2,3)13-5-6-14-15(10-13)22-9-8-21-14/h4-7,10,18H,8-9,11H2,1-3H3. The molecule has 0 bridgehead atoms. The third kappa shape index (κ3) is 3.58. The van der Waals surface area contributed by atoms with Gasteiger partial charge in [0.1, 0.15) is 17.4 Å². The van der Waals surface area contributed by atoms with Gasteiger partial charge in [-0.1, -0.05) is 19.9 Å². The number of hydrogen-bond acceptors (Lipinski definition) is 5. The normalized spacial score (nSPS) is 14.6. The van der Waals surface area contributed by atoms with Gasteiger partial charge in [-0.2, -0.15) is 0 Å². The highest BCUT2D eigenvalue weighted by molar-refractivity contribution is 7.91. The van der Waals surface area contributed by atoms with Crippen molar-refractivity contribution in [3.63, 3.8) is 0 Å². The largest absolute Gasteiger partial charge is 0.486 e. The molecule has 3 rings (SSSR count). The van der Waals surface area contributed by atoms with Gasteiger partial charge in [0.15, 0.2) is 11.5 Å². The van der Waals surface area contributed by atoms with Crippen molar-refractivity contribution in [3.05, 3.63) is 40.8 Å². The van der Waals surface area contributed by atoms with E-state index in [4.69, 9.17) is 9.47 Å². The van der Waals surface area contributed by atoms with E-state index in [1.54, 1.807) is 6.07 Å². The van der Waals surface area contributed by atoms with Crippen molar-refractivity contribution in [2.75, 3.05) is 19.8 Å². The van der Waals surface area contributed by atoms with Crippen LogP contribution in [0.25, 0.3) is 0 Å². The van der Waals surface area contributed by atoms with Crippen LogP contribution in [0.4, 0.5) is 0 Å². The molecule has 0 aliphatic carbocycles. The van der Waals surface area contributed by atoms with Gasteiger partial charge < -0.3 is 9.47 Å². The second-order valence-electron chi connectivity index (χ2n) is 6.43. The van der Waals surface area contributed by atoms with Gasteiger partial charge in [-0.05, 0) is 36.8 Å². The molecule has 130 valence electrons. The number of benzene rings is 1. The average molecular weight is 367 g/mol. The van der Waals surface area contributed by atoms with Gasteiger partial charge >= 0.3 is 0 Å². The first-order valence-electron chi connectivity index (χ1n) is 7.74. The second-order valence-corrected chi connectivity index (χ2v) is 9.71. The molecule has 2 heterocycles. The first-order chi connectivity index (χ1) is 11.3. The van der Waals surface area contributed by atoms with Crippen molar-refractivity contribution < 1.29 is 17.9 Å². The lowest BCUT2D eigenvalue weighted by Crippen LogP contribution is -2.36. The van der Waals surface area contributed by atoms with E-state index in [9.17, 15) is 8.42 Å². The Kier molecular flexibility index (Phi) is 4.59. The first-order valence-corrected chi connectivity index (χ1v) is 10.0. The molecule has 1 aliphatic heterocycles. The van der Waals surface area contributed by atoms with Crippen molar-refractivity contribution in [3.8, 4) is 11.5 Å². The van der Waals surface area contributed by atoms with Gasteiger partial charge in [0.2, 0.25) is 10.0 Å². The highest BCUT2D eigenvalue weighted by atomic mass is 32.2. The van der Waals surface area contributed by atoms with Crippen LogP contribution in [0.5, 0.6) is 11.5 Å². The summed E-state index contributed by atoms with van der Waals surface area (Å²) in [5.74, 6) is 1.44. The highest BCUT2D eigenvalue weighted by Crippen LogP contribution is 2.35. The van der Waals surface area contributed by atoms with Gasteiger partial charge in [-0.3, -0.25) is 0 Å². The zero-order valence-electron chi connectivity index (χ0n) is 14.0. The predicted octanol–water partition coefficient (Wildman–Crippen LogP) is 3.08. The molecule has 0 spiro atoms. The van der Waals surface area contributed by atoms with Gasteiger partial charge in [-0.25, -0.2) is 13.1 Å². The van der Waals surface area contributed by atoms with Crippen LogP contribution in [0.2, 0.25) is 0 Å². The van der Waals surface area contributed by atoms with Crippen molar-refractivity contribution in [2.45, 2.75) is 30.4 Å². The van der Waals surface area contributed by atoms with Crippen LogP contribution in [-0.2, 0) is 15.4 Å². The van der Waals surface area contributed by atoms with E-state index in [1.807, 2.05) is 45.0 Å². The molecule has 1 aromatic carbocycles. The Bertz CT molecular complexity index is 840. The molecular formula is C17H21NO4S2. The van der Waals surface area contributed by atoms with Gasteiger partial charge in [-0.15, -0.1) is 11.3 Å². The van der Waals surface area contributed by atoms with E-state index in [-0.39, 0.29) is 5.41 Å². The molecular weight excluding hydrogens is 346 g/mol. The van der Waals surface area contributed by atoms with Crippen molar-refractivity contribution in [2.24, 2.45) is 0 Å². The Labute approximate surface area is 146 Å². The van der Waals surface area contributed by atoms with Gasteiger partial charge in [0.25, 0.3) is 0 Å². The number of rotatable bonds is 5. The third-order valence-electron chi connectivity index (χ3n) is 4.01. The van der Waals surface area contributed by atoms with Crippen LogP contribution in [0.15, 0.2) is 34.5 Å². The molecule has 1 aliphatic rings. The molecule has 1 aromatic heterocycles. The maximum atomic E-state index is 12.4. The van der Waals surface area contributed by atoms with Gasteiger partial charge in [0.05, 0.1) is 0 Å². The van der Waals surface area contributed by atoms with E-state index < -0.39 is 10.0 Å². The summed E-state index contributed by atoms with van der Waals surface area (Å²) < 4.78 is 39.0. The van der Waals surface area contributed by atoms with E-state index in [0.29, 0.717) is 29.7 Å². The van der Waals surface area contributed by atoms with Crippen LogP contribution >= 0.6 is 11.3 Å². The number of aryl methyl sites for hydroxylation is 1. The van der Waals surface area contributed by atoms with Crippen LogP contribution in [0.1, 0.15) is 24.3 Å². The van der Waals surface area contributed by atoms with E-state index in [1.165, 1.54) is 11.3 Å². The van der Waals surface area contributed by atoms with Crippen LogP contribution < -0.4 is 14.2 Å². The lowest BCUT2D eigenvalue weighted by atomic mass is 9.84. The summed E-state index contributed by atoms with van der Waals surface area (Å²) in [7, 11) is -3.49. The quantitative estimate of drug-likeness (QED) is 0.882. The summed E-state index contributed by atoms with van der Waals surface area (Å²) >= 11 is 1.27. The molecule has 0 atom stereocenters. The number of ether oxygens (including phenoxy) is 2. The average Bonchev–Trinajstić information content (AvgIpc) is 3.00. The van der Waals surface area contributed by atoms with Crippen LogP contribution in [0.3, 0.4) is 0 Å². The SMILES string of the molecule is Cc1ccc(S(=O)(=O)NCC(C)(C)c2ccc3c(c2)OCCO3)s1. The summed E-state index contributed by atoms with van der Waals surface area (Å²) in [6.07, 6.45) is 0. The summed E-state index contributed by atoms with van der Waals surface area (Å²) in [5, 5.41) is 0. The Morgan fingerprint density at radius 3 is 2.50 bits per heavy atom. The van der Waals surface area contributed by atoms with E-state index in [0.717, 1.165) is 16.2 Å². The van der Waals surface area contributed by atoms with E-state index in [2.05, 4.69) is 4.72 Å². The minimum Gasteiger partial charge on any atom is -0.486 e. The van der Waals surface area contributed by atoms with Crippen LogP contribution in [-0.4, -0.2) is 28.2 Å². The fourth-order valence-electron chi connectivity index (χ4n) is 2.47. The molecule has 0 fully saturated rings. The van der Waals surface area contributed by atoms with Gasteiger partial charge in [0, 0.05) is 16.8 Å². The molecule has 0 radical (unpaired) electrons. The zero-order valence-corrected chi connectivity index (χ0v) is 15.6. The number of hydrogen-bond donors (Lipinski definition) is 1. The number of fused-ring (bicyclic) bond motifs is 1. The molecule has 5 nitrogen and oxygen atoms in total. The molecule has 0 unspecified atom stereocenters. The number of thiophene rings is 1. The number of nitrogens with one attached hydrogen (secondary N) is 1. The minimum absolute atomic E-state index is 0.298. The van der Waals surface area contributed by atoms with Crippen molar-refractivity contribution in [1.82, 2.24) is 4.72 Å². The van der Waals surface area contributed by atoms with Crippen molar-refractivity contribution in [1.29, 1.82) is 0 Å². The first kappa shape index (κ1) is 17.3. The second kappa shape index (κ2) is 6.38. The molecule has 24 heavy (non-hydrogen) atoms. The molecule has 1 N–H and O–H groups in total. The minimum atomic E-state index is -3.49. The van der Waals surface area contributed by atoms with Crippen LogP contribution in [0, 0.1) is 6.92 Å². The lowest BCUT2D eigenvalue weighted by molar-refractivity contribution is 0.171. The number of sulfonamides is 1. The Morgan fingerprint density at radius 2 is 1.83 bits per heavy atom. The Balaban J connectivity index is 1.76. The summed E-state index contributed by atoms with van der Waals surface area (Å²) in [6.45, 7) is 7.27. The fraction of sp³-hybridized carbons (Fsp3) is 0.412. The smallest absolute Gasteiger partial charge is 0.250 e. The third-order valence-corrected chi connectivity index (χ3v) is 6.90. The Morgan fingerprint density at radius 1 is 1.12 bits per heavy atom. The summed E-state index contributed by atoms with van der Waals surface area (Å²) in [6, 6.07) is 9.21. The molecule has 0 saturated carbocycles. The maximum Gasteiger partial charge on any atom is 0.250 e. The topological polar surface area (TPSA) is 64.6 Å².